The van der Waals surface area contributed by atoms with Gasteiger partial charge in [0.05, 0.1) is 13.7 Å². The molecule has 0 unspecified atom stereocenters. The standard InChI is InChI=1S/C16H27NO2/c1-13(2)9-11-19-12-10-17-14(3)15-7-5-6-8-16(15)18-4/h5-8,13-14,17H,9-12H2,1-4H3/t14-/m1/s1. The molecule has 1 rings (SSSR count). The summed E-state index contributed by atoms with van der Waals surface area (Å²) in [6.45, 7) is 9.04. The first kappa shape index (κ1) is 16.0. The van der Waals surface area contributed by atoms with Gasteiger partial charge in [-0.15, -0.1) is 0 Å². The summed E-state index contributed by atoms with van der Waals surface area (Å²) in [6.07, 6.45) is 1.13. The first-order valence-electron chi connectivity index (χ1n) is 7.09. The summed E-state index contributed by atoms with van der Waals surface area (Å²) in [5.41, 5.74) is 1.19. The second kappa shape index (κ2) is 8.94. The fraction of sp³-hybridized carbons (Fsp3) is 0.625. The van der Waals surface area contributed by atoms with Crippen LogP contribution in [0.3, 0.4) is 0 Å². The van der Waals surface area contributed by atoms with E-state index in [-0.39, 0.29) is 6.04 Å². The molecule has 0 aliphatic carbocycles. The monoisotopic (exact) mass is 265 g/mol. The predicted molar refractivity (Wildman–Crippen MR) is 79.7 cm³/mol. The molecule has 0 aliphatic heterocycles. The number of para-hydroxylation sites is 1. The Morgan fingerprint density at radius 2 is 1.84 bits per heavy atom. The lowest BCUT2D eigenvalue weighted by Crippen LogP contribution is -2.24. The van der Waals surface area contributed by atoms with Gasteiger partial charge >= 0.3 is 0 Å². The average Bonchev–Trinajstić information content (AvgIpc) is 2.42. The van der Waals surface area contributed by atoms with Crippen molar-refractivity contribution in [1.29, 1.82) is 0 Å². The Morgan fingerprint density at radius 3 is 2.53 bits per heavy atom. The summed E-state index contributed by atoms with van der Waals surface area (Å²) in [7, 11) is 1.71. The molecule has 0 fully saturated rings. The van der Waals surface area contributed by atoms with Crippen LogP contribution in [0.2, 0.25) is 0 Å². The lowest BCUT2D eigenvalue weighted by molar-refractivity contribution is 0.123. The maximum atomic E-state index is 5.59. The van der Waals surface area contributed by atoms with Crippen LogP contribution < -0.4 is 10.1 Å². The highest BCUT2D eigenvalue weighted by molar-refractivity contribution is 5.35. The number of rotatable bonds is 9. The van der Waals surface area contributed by atoms with E-state index in [1.807, 2.05) is 18.2 Å². The van der Waals surface area contributed by atoms with Gasteiger partial charge in [0.2, 0.25) is 0 Å². The smallest absolute Gasteiger partial charge is 0.123 e. The van der Waals surface area contributed by atoms with Crippen LogP contribution in [0.4, 0.5) is 0 Å². The van der Waals surface area contributed by atoms with Gasteiger partial charge in [-0.2, -0.15) is 0 Å². The van der Waals surface area contributed by atoms with Gasteiger partial charge in [-0.25, -0.2) is 0 Å². The van der Waals surface area contributed by atoms with E-state index in [0.717, 1.165) is 31.9 Å². The minimum Gasteiger partial charge on any atom is -0.496 e. The molecule has 1 aromatic carbocycles. The quantitative estimate of drug-likeness (QED) is 0.694. The van der Waals surface area contributed by atoms with Crippen molar-refractivity contribution < 1.29 is 9.47 Å². The fourth-order valence-corrected chi connectivity index (χ4v) is 1.90. The molecule has 19 heavy (non-hydrogen) atoms. The second-order valence-electron chi connectivity index (χ2n) is 5.21. The van der Waals surface area contributed by atoms with E-state index in [9.17, 15) is 0 Å². The van der Waals surface area contributed by atoms with Crippen LogP contribution in [0.15, 0.2) is 24.3 Å². The molecule has 0 spiro atoms. The zero-order chi connectivity index (χ0) is 14.1. The predicted octanol–water partition coefficient (Wildman–Crippen LogP) is 3.41. The zero-order valence-electron chi connectivity index (χ0n) is 12.6. The third-order valence-electron chi connectivity index (χ3n) is 3.14. The summed E-state index contributed by atoms with van der Waals surface area (Å²) in [4.78, 5) is 0. The Morgan fingerprint density at radius 1 is 1.11 bits per heavy atom. The molecule has 108 valence electrons. The van der Waals surface area contributed by atoms with Crippen LogP contribution >= 0.6 is 0 Å². The summed E-state index contributed by atoms with van der Waals surface area (Å²) in [6, 6.07) is 8.38. The van der Waals surface area contributed by atoms with Crippen LogP contribution in [0.1, 0.15) is 38.8 Å². The lowest BCUT2D eigenvalue weighted by Gasteiger charge is -2.17. The minimum atomic E-state index is 0.268. The van der Waals surface area contributed by atoms with Crippen LogP contribution in [-0.4, -0.2) is 26.9 Å². The molecule has 1 atom stereocenters. The molecule has 0 heterocycles. The Hall–Kier alpha value is -1.06. The Labute approximate surface area is 117 Å². The van der Waals surface area contributed by atoms with Gasteiger partial charge in [-0.05, 0) is 25.3 Å². The van der Waals surface area contributed by atoms with Gasteiger partial charge in [-0.1, -0.05) is 32.0 Å². The molecule has 0 saturated carbocycles. The van der Waals surface area contributed by atoms with E-state index in [0.29, 0.717) is 5.92 Å². The maximum Gasteiger partial charge on any atom is 0.123 e. The van der Waals surface area contributed by atoms with E-state index >= 15 is 0 Å². The molecule has 0 amide bonds. The van der Waals surface area contributed by atoms with Crippen molar-refractivity contribution in [2.75, 3.05) is 26.9 Å². The molecule has 0 radical (unpaired) electrons. The van der Waals surface area contributed by atoms with Crippen molar-refractivity contribution in [3.63, 3.8) is 0 Å². The molecule has 1 N–H and O–H groups in total. The number of hydrogen-bond acceptors (Lipinski definition) is 3. The van der Waals surface area contributed by atoms with Gasteiger partial charge in [0.1, 0.15) is 5.75 Å². The number of benzene rings is 1. The third-order valence-corrected chi connectivity index (χ3v) is 3.14. The second-order valence-corrected chi connectivity index (χ2v) is 5.21. The number of ether oxygens (including phenoxy) is 2. The van der Waals surface area contributed by atoms with Crippen molar-refractivity contribution in [2.45, 2.75) is 33.2 Å². The highest BCUT2D eigenvalue weighted by atomic mass is 16.5. The Bertz CT molecular complexity index is 352. The molecular formula is C16H27NO2. The van der Waals surface area contributed by atoms with Gasteiger partial charge in [-0.3, -0.25) is 0 Å². The van der Waals surface area contributed by atoms with E-state index in [1.165, 1.54) is 5.56 Å². The van der Waals surface area contributed by atoms with E-state index in [4.69, 9.17) is 9.47 Å². The SMILES string of the molecule is COc1ccccc1[C@@H](C)NCCOCCC(C)C. The number of nitrogens with one attached hydrogen (secondary N) is 1. The average molecular weight is 265 g/mol. The molecular weight excluding hydrogens is 238 g/mol. The van der Waals surface area contributed by atoms with E-state index < -0.39 is 0 Å². The van der Waals surface area contributed by atoms with Gasteiger partial charge in [0.25, 0.3) is 0 Å². The Kier molecular flexibility index (Phi) is 7.53. The summed E-state index contributed by atoms with van der Waals surface area (Å²) >= 11 is 0. The third kappa shape index (κ3) is 6.08. The van der Waals surface area contributed by atoms with Crippen molar-refractivity contribution in [1.82, 2.24) is 5.32 Å². The molecule has 3 heteroatoms. The topological polar surface area (TPSA) is 30.5 Å². The largest absolute Gasteiger partial charge is 0.496 e. The first-order chi connectivity index (χ1) is 9.15. The highest BCUT2D eigenvalue weighted by Gasteiger charge is 2.09. The summed E-state index contributed by atoms with van der Waals surface area (Å²) < 4.78 is 11.0. The molecule has 3 nitrogen and oxygen atoms in total. The number of methoxy groups -OCH3 is 1. The first-order valence-corrected chi connectivity index (χ1v) is 7.09. The highest BCUT2D eigenvalue weighted by Crippen LogP contribution is 2.23. The summed E-state index contributed by atoms with van der Waals surface area (Å²) in [5.74, 6) is 1.64. The van der Waals surface area contributed by atoms with Crippen molar-refractivity contribution >= 4 is 0 Å². The van der Waals surface area contributed by atoms with Gasteiger partial charge in [0, 0.05) is 24.8 Å². The molecule has 0 aliphatic rings. The van der Waals surface area contributed by atoms with Crippen molar-refractivity contribution in [3.8, 4) is 5.75 Å². The van der Waals surface area contributed by atoms with Gasteiger partial charge in [0.15, 0.2) is 0 Å². The van der Waals surface area contributed by atoms with E-state index in [2.05, 4.69) is 32.2 Å². The number of hydrogen-bond donors (Lipinski definition) is 1. The normalized spacial score (nSPS) is 12.7. The van der Waals surface area contributed by atoms with Crippen LogP contribution in [0, 0.1) is 5.92 Å². The Balaban J connectivity index is 2.25. The van der Waals surface area contributed by atoms with Crippen molar-refractivity contribution in [3.05, 3.63) is 29.8 Å². The minimum absolute atomic E-state index is 0.268. The molecule has 0 bridgehead atoms. The summed E-state index contributed by atoms with van der Waals surface area (Å²) in [5, 5.41) is 3.46. The van der Waals surface area contributed by atoms with Gasteiger partial charge < -0.3 is 14.8 Å². The molecule has 0 saturated heterocycles. The maximum absolute atomic E-state index is 5.59. The fourth-order valence-electron chi connectivity index (χ4n) is 1.90. The van der Waals surface area contributed by atoms with E-state index in [1.54, 1.807) is 7.11 Å². The molecule has 0 aromatic heterocycles. The zero-order valence-corrected chi connectivity index (χ0v) is 12.6. The van der Waals surface area contributed by atoms with Crippen LogP contribution in [0.5, 0.6) is 5.75 Å². The van der Waals surface area contributed by atoms with Crippen LogP contribution in [0.25, 0.3) is 0 Å². The molecule has 1 aromatic rings. The van der Waals surface area contributed by atoms with Crippen molar-refractivity contribution in [2.24, 2.45) is 5.92 Å². The van der Waals surface area contributed by atoms with Crippen LogP contribution in [-0.2, 0) is 4.74 Å². The lowest BCUT2D eigenvalue weighted by atomic mass is 10.1.